The van der Waals surface area contributed by atoms with Crippen LogP contribution in [0.4, 0.5) is 0 Å². The van der Waals surface area contributed by atoms with Crippen molar-refractivity contribution < 1.29 is 14.6 Å². The van der Waals surface area contributed by atoms with Crippen LogP contribution in [0.3, 0.4) is 0 Å². The highest BCUT2D eigenvalue weighted by atomic mass is 32.2. The number of hydrogen-bond acceptors (Lipinski definition) is 6. The summed E-state index contributed by atoms with van der Waals surface area (Å²) >= 11 is 1.34. The number of ketones is 1. The maximum atomic E-state index is 12.8. The van der Waals surface area contributed by atoms with Gasteiger partial charge in [-0.25, -0.2) is 4.98 Å². The molecule has 3 aromatic rings. The largest absolute Gasteiger partial charge is 0.491 e. The number of nitrogens with zero attached hydrogens (tertiary/aromatic N) is 2. The Morgan fingerprint density at radius 1 is 1.21 bits per heavy atom. The average molecular weight is 413 g/mol. The Labute approximate surface area is 173 Å². The van der Waals surface area contributed by atoms with Gasteiger partial charge in [0.2, 0.25) is 0 Å². The lowest BCUT2D eigenvalue weighted by atomic mass is 10.1. The summed E-state index contributed by atoms with van der Waals surface area (Å²) < 4.78 is 7.27. The molecule has 0 spiro atoms. The lowest BCUT2D eigenvalue weighted by Crippen LogP contribution is -2.25. The minimum Gasteiger partial charge on any atom is -0.491 e. The second-order valence-corrected chi connectivity index (χ2v) is 7.71. The van der Waals surface area contributed by atoms with E-state index in [2.05, 4.69) is 4.98 Å². The van der Waals surface area contributed by atoms with Crippen molar-refractivity contribution in [1.82, 2.24) is 9.55 Å². The molecule has 0 bridgehead atoms. The number of ether oxygens (including phenoxy) is 1. The quantitative estimate of drug-likeness (QED) is 0.329. The molecule has 0 radical (unpaired) electrons. The van der Waals surface area contributed by atoms with Gasteiger partial charge in [-0.2, -0.15) is 0 Å². The summed E-state index contributed by atoms with van der Waals surface area (Å²) in [5, 5.41) is 11.5. The molecule has 7 heteroatoms. The first kappa shape index (κ1) is 21.1. The molecule has 1 atom stereocenters. The van der Waals surface area contributed by atoms with Crippen molar-refractivity contribution in [3.8, 4) is 5.75 Å². The number of para-hydroxylation sites is 1. The first-order valence-electron chi connectivity index (χ1n) is 9.54. The molecule has 152 valence electrons. The molecule has 1 heterocycles. The molecule has 3 rings (SSSR count). The van der Waals surface area contributed by atoms with Crippen LogP contribution >= 0.6 is 11.8 Å². The zero-order valence-electron chi connectivity index (χ0n) is 16.5. The molecule has 1 aromatic heterocycles. The van der Waals surface area contributed by atoms with E-state index in [4.69, 9.17) is 4.74 Å². The zero-order chi connectivity index (χ0) is 20.8. The predicted octanol–water partition coefficient (Wildman–Crippen LogP) is 3.54. The Morgan fingerprint density at radius 3 is 2.62 bits per heavy atom. The van der Waals surface area contributed by atoms with Crippen molar-refractivity contribution in [3.05, 3.63) is 64.4 Å². The Kier molecular flexibility index (Phi) is 7.06. The van der Waals surface area contributed by atoms with E-state index in [0.29, 0.717) is 39.7 Å². The van der Waals surface area contributed by atoms with E-state index in [1.807, 2.05) is 25.1 Å². The number of Topliss-reactive ketones (excluding diaryl/α,β-unsaturated/α-hetero) is 1. The lowest BCUT2D eigenvalue weighted by molar-refractivity contribution is 0.101. The summed E-state index contributed by atoms with van der Waals surface area (Å²) in [4.78, 5) is 28.7. The van der Waals surface area contributed by atoms with Crippen molar-refractivity contribution in [1.29, 1.82) is 0 Å². The first-order chi connectivity index (χ1) is 14.0. The number of carbonyl (C=O) groups is 1. The lowest BCUT2D eigenvalue weighted by Gasteiger charge is -2.15. The van der Waals surface area contributed by atoms with Crippen molar-refractivity contribution in [2.45, 2.75) is 38.1 Å². The van der Waals surface area contributed by atoms with Crippen molar-refractivity contribution in [2.75, 3.05) is 12.4 Å². The van der Waals surface area contributed by atoms with E-state index < -0.39 is 6.10 Å². The minimum atomic E-state index is -0.731. The van der Waals surface area contributed by atoms with Gasteiger partial charge in [-0.15, -0.1) is 0 Å². The molecular formula is C22H24N2O4S. The molecule has 6 nitrogen and oxygen atoms in total. The molecule has 0 saturated heterocycles. The number of hydrogen-bond donors (Lipinski definition) is 1. The highest BCUT2D eigenvalue weighted by molar-refractivity contribution is 7.99. The number of rotatable bonds is 9. The average Bonchev–Trinajstić information content (AvgIpc) is 2.73. The highest BCUT2D eigenvalue weighted by Gasteiger charge is 2.14. The third kappa shape index (κ3) is 5.25. The Balaban J connectivity index is 1.65. The van der Waals surface area contributed by atoms with E-state index in [1.165, 1.54) is 18.7 Å². The second kappa shape index (κ2) is 9.71. The zero-order valence-corrected chi connectivity index (χ0v) is 17.3. The van der Waals surface area contributed by atoms with Gasteiger partial charge >= 0.3 is 0 Å². The number of carbonyl (C=O) groups excluding carboxylic acids is 1. The number of aliphatic hydroxyl groups excluding tert-OH is 1. The molecule has 0 fully saturated rings. The van der Waals surface area contributed by atoms with Crippen LogP contribution in [0.25, 0.3) is 10.9 Å². The fourth-order valence-electron chi connectivity index (χ4n) is 2.88. The number of aromatic nitrogens is 2. The summed E-state index contributed by atoms with van der Waals surface area (Å²) in [5.74, 6) is 0.930. The van der Waals surface area contributed by atoms with Crippen LogP contribution in [0.2, 0.25) is 0 Å². The fraction of sp³-hybridized carbons (Fsp3) is 0.318. The molecule has 0 unspecified atom stereocenters. The van der Waals surface area contributed by atoms with Gasteiger partial charge in [0.05, 0.1) is 17.0 Å². The SMILES string of the molecule is CCCn1c(SC[C@@H](O)COc2ccc(C(C)=O)cc2)nc2ccccc2c1=O. The van der Waals surface area contributed by atoms with E-state index in [-0.39, 0.29) is 17.9 Å². The van der Waals surface area contributed by atoms with Crippen molar-refractivity contribution in [3.63, 3.8) is 0 Å². The summed E-state index contributed by atoms with van der Waals surface area (Å²) in [6, 6.07) is 14.1. The van der Waals surface area contributed by atoms with Gasteiger partial charge in [-0.05, 0) is 49.7 Å². The van der Waals surface area contributed by atoms with Crippen molar-refractivity contribution >= 4 is 28.4 Å². The summed E-state index contributed by atoms with van der Waals surface area (Å²) in [6.07, 6.45) is 0.0843. The topological polar surface area (TPSA) is 81.4 Å². The molecule has 0 amide bonds. The summed E-state index contributed by atoms with van der Waals surface area (Å²) in [5.41, 5.74) is 1.21. The smallest absolute Gasteiger partial charge is 0.262 e. The molecule has 29 heavy (non-hydrogen) atoms. The minimum absolute atomic E-state index is 0.00556. The van der Waals surface area contributed by atoms with Gasteiger partial charge in [0, 0.05) is 17.9 Å². The van der Waals surface area contributed by atoms with Gasteiger partial charge in [0.25, 0.3) is 5.56 Å². The van der Waals surface area contributed by atoms with Crippen LogP contribution in [0.15, 0.2) is 58.5 Å². The van der Waals surface area contributed by atoms with Gasteiger partial charge < -0.3 is 9.84 Å². The van der Waals surface area contributed by atoms with Crippen LogP contribution in [-0.4, -0.2) is 38.9 Å². The first-order valence-corrected chi connectivity index (χ1v) is 10.5. The van der Waals surface area contributed by atoms with E-state index >= 15 is 0 Å². The van der Waals surface area contributed by atoms with Gasteiger partial charge in [0.1, 0.15) is 12.4 Å². The maximum Gasteiger partial charge on any atom is 0.262 e. The van der Waals surface area contributed by atoms with Gasteiger partial charge in [0.15, 0.2) is 10.9 Å². The van der Waals surface area contributed by atoms with E-state index in [0.717, 1.165) is 6.42 Å². The third-order valence-electron chi connectivity index (χ3n) is 4.38. The Morgan fingerprint density at radius 2 is 1.93 bits per heavy atom. The van der Waals surface area contributed by atoms with Crippen LogP contribution in [0.1, 0.15) is 30.6 Å². The van der Waals surface area contributed by atoms with Gasteiger partial charge in [-0.1, -0.05) is 30.8 Å². The highest BCUT2D eigenvalue weighted by Crippen LogP contribution is 2.20. The van der Waals surface area contributed by atoms with Crippen molar-refractivity contribution in [2.24, 2.45) is 0 Å². The molecule has 0 aliphatic carbocycles. The Hall–Kier alpha value is -2.64. The Bertz CT molecular complexity index is 1050. The number of fused-ring (bicyclic) bond motifs is 1. The molecule has 0 aliphatic heterocycles. The number of benzene rings is 2. The van der Waals surface area contributed by atoms with Crippen LogP contribution in [0, 0.1) is 0 Å². The summed E-state index contributed by atoms with van der Waals surface area (Å²) in [7, 11) is 0. The normalized spacial score (nSPS) is 12.1. The van der Waals surface area contributed by atoms with E-state index in [1.54, 1.807) is 34.9 Å². The van der Waals surface area contributed by atoms with Crippen LogP contribution in [-0.2, 0) is 6.54 Å². The maximum absolute atomic E-state index is 12.8. The fourth-order valence-corrected chi connectivity index (χ4v) is 3.81. The number of thioether (sulfide) groups is 1. The van der Waals surface area contributed by atoms with E-state index in [9.17, 15) is 14.7 Å². The summed E-state index contributed by atoms with van der Waals surface area (Å²) in [6.45, 7) is 4.21. The molecule has 0 saturated carbocycles. The standard InChI is InChI=1S/C22H24N2O4S/c1-3-12-24-21(27)19-6-4-5-7-20(19)23-22(24)29-14-17(26)13-28-18-10-8-16(9-11-18)15(2)25/h4-11,17,26H,3,12-14H2,1-2H3/t17-/m0/s1. The number of aliphatic hydroxyl groups is 1. The third-order valence-corrected chi connectivity index (χ3v) is 5.50. The predicted molar refractivity (Wildman–Crippen MR) is 115 cm³/mol. The van der Waals surface area contributed by atoms with Crippen LogP contribution in [0.5, 0.6) is 5.75 Å². The monoisotopic (exact) mass is 412 g/mol. The molecular weight excluding hydrogens is 388 g/mol. The molecule has 1 N–H and O–H groups in total. The van der Waals surface area contributed by atoms with Crippen LogP contribution < -0.4 is 10.3 Å². The molecule has 0 aliphatic rings. The molecule has 2 aromatic carbocycles. The van der Waals surface area contributed by atoms with Gasteiger partial charge in [-0.3, -0.25) is 14.2 Å². The second-order valence-electron chi connectivity index (χ2n) is 6.72.